The summed E-state index contributed by atoms with van der Waals surface area (Å²) in [6, 6.07) is 4.16. The van der Waals surface area contributed by atoms with Crippen molar-refractivity contribution in [3.05, 3.63) is 46.7 Å². The molecule has 0 amide bonds. The minimum Gasteiger partial charge on any atom is -0.506 e. The van der Waals surface area contributed by atoms with Crippen molar-refractivity contribution < 1.29 is 9.84 Å². The number of aromatic hydroxyl groups is 1. The minimum atomic E-state index is 0.0618. The normalized spacial score (nSPS) is 22.0. The molecule has 1 aromatic rings. The second-order valence-electron chi connectivity index (χ2n) is 6.99. The van der Waals surface area contributed by atoms with Crippen molar-refractivity contribution in [2.45, 2.75) is 58.3 Å². The Kier molecular flexibility index (Phi) is 4.66. The fourth-order valence-corrected chi connectivity index (χ4v) is 3.94. The summed E-state index contributed by atoms with van der Waals surface area (Å²) in [5.41, 5.74) is 3.38. The van der Waals surface area contributed by atoms with Crippen molar-refractivity contribution in [2.75, 3.05) is 0 Å². The lowest BCUT2D eigenvalue weighted by Gasteiger charge is -2.37. The highest BCUT2D eigenvalue weighted by Gasteiger charge is 2.38. The number of ether oxygens (including phenoxy) is 1. The zero-order chi connectivity index (χ0) is 17.3. The number of fused-ring (bicyclic) bond motifs is 3. The third kappa shape index (κ3) is 2.82. The van der Waals surface area contributed by atoms with Crippen molar-refractivity contribution in [3.8, 4) is 17.6 Å². The molecule has 1 aliphatic carbocycles. The molecular formula is C21H25NO2. The van der Waals surface area contributed by atoms with Gasteiger partial charge in [-0.25, -0.2) is 0 Å². The summed E-state index contributed by atoms with van der Waals surface area (Å²) in [7, 11) is 0. The molecule has 126 valence electrons. The summed E-state index contributed by atoms with van der Waals surface area (Å²) in [5.74, 6) is 1.81. The molecule has 0 saturated carbocycles. The van der Waals surface area contributed by atoms with Gasteiger partial charge in [-0.05, 0) is 44.2 Å². The highest BCUT2D eigenvalue weighted by Crippen LogP contribution is 2.52. The van der Waals surface area contributed by atoms with Crippen LogP contribution in [0.5, 0.6) is 11.5 Å². The maximum atomic E-state index is 10.8. The summed E-state index contributed by atoms with van der Waals surface area (Å²) in [6.45, 7) is 8.38. The molecule has 1 aromatic carbocycles. The third-order valence-corrected chi connectivity index (χ3v) is 5.28. The number of phenols is 1. The summed E-state index contributed by atoms with van der Waals surface area (Å²) in [6.07, 6.45) is 8.25. The Bertz CT molecular complexity index is 739. The molecule has 1 heterocycles. The van der Waals surface area contributed by atoms with Gasteiger partial charge in [0.2, 0.25) is 0 Å². The van der Waals surface area contributed by atoms with E-state index in [9.17, 15) is 10.4 Å². The van der Waals surface area contributed by atoms with E-state index >= 15 is 0 Å². The molecule has 2 unspecified atom stereocenters. The first-order valence-electron chi connectivity index (χ1n) is 8.89. The van der Waals surface area contributed by atoms with Gasteiger partial charge in [0.15, 0.2) is 0 Å². The van der Waals surface area contributed by atoms with Crippen LogP contribution in [-0.2, 0) is 6.42 Å². The van der Waals surface area contributed by atoms with E-state index in [4.69, 9.17) is 4.74 Å². The fraction of sp³-hybridized carbons (Fsp3) is 0.476. The average molecular weight is 323 g/mol. The monoisotopic (exact) mass is 323 g/mol. The zero-order valence-electron chi connectivity index (χ0n) is 14.6. The lowest BCUT2D eigenvalue weighted by molar-refractivity contribution is 0.274. The maximum absolute atomic E-state index is 10.8. The van der Waals surface area contributed by atoms with E-state index in [0.29, 0.717) is 11.3 Å². The summed E-state index contributed by atoms with van der Waals surface area (Å²) in [5, 5.41) is 20.4. The van der Waals surface area contributed by atoms with E-state index in [1.165, 1.54) is 5.57 Å². The maximum Gasteiger partial charge on any atom is 0.141 e. The molecule has 1 N–H and O–H groups in total. The van der Waals surface area contributed by atoms with E-state index in [2.05, 4.69) is 32.6 Å². The van der Waals surface area contributed by atoms with Gasteiger partial charge < -0.3 is 9.84 Å². The standard InChI is InChI=1S/C21H25NO2/c1-4-5-6-7-15-11-19-20(21(23)18(15)12-22)17-10-13(2)8-9-16(17)14(3)24-19/h10-11,16-17,23H,3-9H2,1-2H3. The number of rotatable bonds is 4. The Morgan fingerprint density at radius 2 is 2.21 bits per heavy atom. The van der Waals surface area contributed by atoms with Gasteiger partial charge in [-0.3, -0.25) is 0 Å². The van der Waals surface area contributed by atoms with Crippen molar-refractivity contribution in [2.24, 2.45) is 5.92 Å². The van der Waals surface area contributed by atoms with E-state index in [1.807, 2.05) is 6.07 Å². The van der Waals surface area contributed by atoms with E-state index < -0.39 is 0 Å². The number of unbranched alkanes of at least 4 members (excludes halogenated alkanes) is 2. The first-order valence-corrected chi connectivity index (χ1v) is 8.89. The lowest BCUT2D eigenvalue weighted by Crippen LogP contribution is -2.25. The summed E-state index contributed by atoms with van der Waals surface area (Å²) in [4.78, 5) is 0. The molecular weight excluding hydrogens is 298 g/mol. The molecule has 3 heteroatoms. The van der Waals surface area contributed by atoms with Crippen LogP contribution in [-0.4, -0.2) is 5.11 Å². The van der Waals surface area contributed by atoms with E-state index in [-0.39, 0.29) is 17.6 Å². The van der Waals surface area contributed by atoms with Crippen LogP contribution < -0.4 is 4.74 Å². The van der Waals surface area contributed by atoms with E-state index in [0.717, 1.165) is 55.4 Å². The molecule has 0 spiro atoms. The molecule has 0 bridgehead atoms. The van der Waals surface area contributed by atoms with Crippen molar-refractivity contribution in [3.63, 3.8) is 0 Å². The molecule has 24 heavy (non-hydrogen) atoms. The molecule has 0 radical (unpaired) electrons. The topological polar surface area (TPSA) is 53.2 Å². The SMILES string of the molecule is C=C1Oc2cc(CCCCC)c(C#N)c(O)c2C2C=C(C)CCC12. The highest BCUT2D eigenvalue weighted by atomic mass is 16.5. The number of nitrogens with zero attached hydrogens (tertiary/aromatic N) is 1. The minimum absolute atomic E-state index is 0.0618. The van der Waals surface area contributed by atoms with Crippen LogP contribution in [0.25, 0.3) is 0 Å². The molecule has 0 aromatic heterocycles. The third-order valence-electron chi connectivity index (χ3n) is 5.28. The molecule has 2 atom stereocenters. The Hall–Kier alpha value is -2.21. The summed E-state index contributed by atoms with van der Waals surface area (Å²) >= 11 is 0. The molecule has 1 aliphatic heterocycles. The average Bonchev–Trinajstić information content (AvgIpc) is 2.54. The zero-order valence-corrected chi connectivity index (χ0v) is 14.6. The summed E-state index contributed by atoms with van der Waals surface area (Å²) < 4.78 is 5.97. The van der Waals surface area contributed by atoms with Gasteiger partial charge in [-0.15, -0.1) is 0 Å². The number of hydrogen-bond acceptors (Lipinski definition) is 3. The highest BCUT2D eigenvalue weighted by molar-refractivity contribution is 5.62. The van der Waals surface area contributed by atoms with Crippen LogP contribution >= 0.6 is 0 Å². The van der Waals surface area contributed by atoms with Crippen LogP contribution in [0.4, 0.5) is 0 Å². The van der Waals surface area contributed by atoms with Crippen molar-refractivity contribution >= 4 is 0 Å². The second-order valence-corrected chi connectivity index (χ2v) is 6.99. The molecule has 0 fully saturated rings. The lowest BCUT2D eigenvalue weighted by atomic mass is 9.73. The van der Waals surface area contributed by atoms with Crippen LogP contribution in [0.3, 0.4) is 0 Å². The van der Waals surface area contributed by atoms with Gasteiger partial charge in [0, 0.05) is 17.4 Å². The van der Waals surface area contributed by atoms with Crippen LogP contribution in [0, 0.1) is 17.2 Å². The Morgan fingerprint density at radius 3 is 2.92 bits per heavy atom. The number of allylic oxidation sites excluding steroid dienone is 3. The number of aryl methyl sites for hydroxylation is 1. The van der Waals surface area contributed by atoms with Gasteiger partial charge in [-0.1, -0.05) is 38.0 Å². The fourth-order valence-electron chi connectivity index (χ4n) is 3.94. The smallest absolute Gasteiger partial charge is 0.141 e. The Labute approximate surface area is 144 Å². The van der Waals surface area contributed by atoms with Crippen LogP contribution in [0.15, 0.2) is 30.1 Å². The molecule has 3 rings (SSSR count). The first-order chi connectivity index (χ1) is 11.6. The van der Waals surface area contributed by atoms with E-state index in [1.54, 1.807) is 0 Å². The number of phenolic OH excluding ortho intramolecular Hbond substituents is 1. The van der Waals surface area contributed by atoms with Gasteiger partial charge in [-0.2, -0.15) is 5.26 Å². The van der Waals surface area contributed by atoms with Crippen molar-refractivity contribution in [1.82, 2.24) is 0 Å². The van der Waals surface area contributed by atoms with Crippen LogP contribution in [0.2, 0.25) is 0 Å². The van der Waals surface area contributed by atoms with Gasteiger partial charge >= 0.3 is 0 Å². The van der Waals surface area contributed by atoms with Gasteiger partial charge in [0.05, 0.1) is 5.56 Å². The largest absolute Gasteiger partial charge is 0.506 e. The predicted molar refractivity (Wildman–Crippen MR) is 95.0 cm³/mol. The van der Waals surface area contributed by atoms with Crippen LogP contribution in [0.1, 0.15) is 68.6 Å². The van der Waals surface area contributed by atoms with Gasteiger partial charge in [0.1, 0.15) is 23.3 Å². The number of benzene rings is 1. The van der Waals surface area contributed by atoms with Crippen molar-refractivity contribution in [1.29, 1.82) is 5.26 Å². The first kappa shape index (κ1) is 16.6. The Morgan fingerprint density at radius 1 is 1.42 bits per heavy atom. The van der Waals surface area contributed by atoms with Gasteiger partial charge in [0.25, 0.3) is 0 Å². The molecule has 3 nitrogen and oxygen atoms in total. The number of hydrogen-bond donors (Lipinski definition) is 1. The molecule has 0 saturated heterocycles. The predicted octanol–water partition coefficient (Wildman–Crippen LogP) is 5.34. The quantitative estimate of drug-likeness (QED) is 0.601. The molecule has 2 aliphatic rings. The second kappa shape index (κ2) is 6.73. The number of nitriles is 1. The Balaban J connectivity index is 2.09.